The quantitative estimate of drug-likeness (QED) is 0.803. The van der Waals surface area contributed by atoms with E-state index in [0.717, 1.165) is 29.3 Å². The van der Waals surface area contributed by atoms with E-state index in [1.807, 2.05) is 22.4 Å². The maximum Gasteiger partial charge on any atom is 0.220 e. The van der Waals surface area contributed by atoms with E-state index >= 15 is 0 Å². The summed E-state index contributed by atoms with van der Waals surface area (Å²) >= 11 is 7.40. The van der Waals surface area contributed by atoms with Crippen LogP contribution in [0.1, 0.15) is 30.5 Å². The fourth-order valence-corrected chi connectivity index (χ4v) is 3.04. The summed E-state index contributed by atoms with van der Waals surface area (Å²) in [7, 11) is 0. The third kappa shape index (κ3) is 3.99. The minimum absolute atomic E-state index is 0.120. The van der Waals surface area contributed by atoms with E-state index in [1.165, 1.54) is 0 Å². The molecule has 1 amide bonds. The number of hydrogen-bond donors (Lipinski definition) is 0. The van der Waals surface area contributed by atoms with Crippen LogP contribution in [-0.4, -0.2) is 21.8 Å². The van der Waals surface area contributed by atoms with Crippen molar-refractivity contribution in [3.63, 3.8) is 0 Å². The molecule has 0 unspecified atom stereocenters. The van der Waals surface area contributed by atoms with Gasteiger partial charge in [-0.2, -0.15) is 0 Å². The maximum absolute atomic E-state index is 11.6. The van der Waals surface area contributed by atoms with Crippen molar-refractivity contribution in [1.82, 2.24) is 9.88 Å². The lowest BCUT2D eigenvalue weighted by atomic mass is 10.3. The first-order chi connectivity index (χ1) is 10.6. The zero-order valence-electron chi connectivity index (χ0n) is 12.3. The maximum atomic E-state index is 11.6. The van der Waals surface area contributed by atoms with Crippen LogP contribution in [0.4, 0.5) is 0 Å². The van der Waals surface area contributed by atoms with Crippen LogP contribution in [0.15, 0.2) is 29.6 Å². The van der Waals surface area contributed by atoms with E-state index in [9.17, 15) is 4.79 Å². The number of ether oxygens (including phenoxy) is 1. The zero-order valence-corrected chi connectivity index (χ0v) is 13.9. The van der Waals surface area contributed by atoms with Gasteiger partial charge in [0.1, 0.15) is 17.4 Å². The Morgan fingerprint density at radius 2 is 2.14 bits per heavy atom. The number of aromatic nitrogens is 1. The van der Waals surface area contributed by atoms with Crippen LogP contribution >= 0.6 is 22.9 Å². The Morgan fingerprint density at radius 1 is 1.41 bits per heavy atom. The van der Waals surface area contributed by atoms with E-state index in [4.69, 9.17) is 16.3 Å². The molecule has 0 saturated heterocycles. The van der Waals surface area contributed by atoms with Crippen LogP contribution in [0, 0.1) is 0 Å². The van der Waals surface area contributed by atoms with Crippen molar-refractivity contribution in [2.75, 3.05) is 0 Å². The first-order valence-corrected chi connectivity index (χ1v) is 8.46. The number of nitrogens with zero attached hydrogens (tertiary/aromatic N) is 2. The van der Waals surface area contributed by atoms with E-state index in [1.54, 1.807) is 30.4 Å². The van der Waals surface area contributed by atoms with Gasteiger partial charge in [0.2, 0.25) is 5.91 Å². The molecule has 1 aromatic carbocycles. The molecule has 1 heterocycles. The summed E-state index contributed by atoms with van der Waals surface area (Å²) in [6.07, 6.45) is 2.21. The van der Waals surface area contributed by atoms with Gasteiger partial charge < -0.3 is 9.64 Å². The molecule has 6 heteroatoms. The molecular formula is C16H17ClN2O2S. The molecule has 0 atom stereocenters. The molecule has 1 saturated carbocycles. The third-order valence-electron chi connectivity index (χ3n) is 3.50. The summed E-state index contributed by atoms with van der Waals surface area (Å²) in [5.74, 6) is 0.888. The van der Waals surface area contributed by atoms with Crippen molar-refractivity contribution < 1.29 is 9.53 Å². The molecule has 116 valence electrons. The molecule has 0 N–H and O–H groups in total. The Labute approximate surface area is 138 Å². The number of carbonyl (C=O) groups is 1. The average molecular weight is 337 g/mol. The molecule has 2 aromatic rings. The van der Waals surface area contributed by atoms with Crippen LogP contribution in [-0.2, 0) is 17.9 Å². The molecule has 4 nitrogen and oxygen atoms in total. The van der Waals surface area contributed by atoms with Crippen LogP contribution in [0.25, 0.3) is 0 Å². The third-order valence-corrected chi connectivity index (χ3v) is 4.62. The smallest absolute Gasteiger partial charge is 0.220 e. The highest BCUT2D eigenvalue weighted by molar-refractivity contribution is 7.09. The van der Waals surface area contributed by atoms with Crippen LogP contribution in [0.3, 0.4) is 0 Å². The number of hydrogen-bond acceptors (Lipinski definition) is 4. The van der Waals surface area contributed by atoms with Crippen molar-refractivity contribution in [3.05, 3.63) is 45.4 Å². The molecule has 0 radical (unpaired) electrons. The van der Waals surface area contributed by atoms with Gasteiger partial charge in [0.25, 0.3) is 0 Å². The summed E-state index contributed by atoms with van der Waals surface area (Å²) in [6.45, 7) is 2.64. The number of halogens is 1. The van der Waals surface area contributed by atoms with E-state index in [0.29, 0.717) is 24.2 Å². The monoisotopic (exact) mass is 336 g/mol. The summed E-state index contributed by atoms with van der Waals surface area (Å²) in [6, 6.07) is 7.67. The predicted octanol–water partition coefficient (Wildman–Crippen LogP) is 3.89. The predicted molar refractivity (Wildman–Crippen MR) is 87.1 cm³/mol. The minimum atomic E-state index is 0.120. The lowest BCUT2D eigenvalue weighted by molar-refractivity contribution is -0.130. The summed E-state index contributed by atoms with van der Waals surface area (Å²) in [5.41, 5.74) is 0.932. The second-order valence-corrected chi connectivity index (χ2v) is 6.73. The van der Waals surface area contributed by atoms with Gasteiger partial charge in [0.05, 0.1) is 12.2 Å². The normalized spacial score (nSPS) is 13.9. The number of carbonyl (C=O) groups excluding carboxylic acids is 1. The Kier molecular flexibility index (Phi) is 4.64. The first kappa shape index (κ1) is 15.3. The van der Waals surface area contributed by atoms with Crippen LogP contribution in [0.5, 0.6) is 5.75 Å². The SMILES string of the molecule is CC(=O)N(Cc1csc(COc2ccc(Cl)cc2)n1)C1CC1. The summed E-state index contributed by atoms with van der Waals surface area (Å²) in [5, 5.41) is 3.59. The Hall–Kier alpha value is -1.59. The Bertz CT molecular complexity index is 652. The van der Waals surface area contributed by atoms with Gasteiger partial charge >= 0.3 is 0 Å². The molecule has 0 spiro atoms. The van der Waals surface area contributed by atoms with Crippen molar-refractivity contribution in [2.24, 2.45) is 0 Å². The standard InChI is InChI=1S/C16H17ClN2O2S/c1-11(20)19(14-4-5-14)8-13-10-22-16(18-13)9-21-15-6-2-12(17)3-7-15/h2-3,6-7,10,14H,4-5,8-9H2,1H3. The van der Waals surface area contributed by atoms with E-state index < -0.39 is 0 Å². The molecule has 0 aliphatic heterocycles. The highest BCUT2D eigenvalue weighted by atomic mass is 35.5. The van der Waals surface area contributed by atoms with E-state index in [-0.39, 0.29) is 5.91 Å². The van der Waals surface area contributed by atoms with Gasteiger partial charge in [-0.3, -0.25) is 4.79 Å². The van der Waals surface area contributed by atoms with Gasteiger partial charge in [-0.05, 0) is 37.1 Å². The average Bonchev–Trinajstić information content (AvgIpc) is 3.23. The molecule has 1 aliphatic carbocycles. The lowest BCUT2D eigenvalue weighted by Crippen LogP contribution is -2.30. The number of thiazole rings is 1. The Balaban J connectivity index is 1.56. The fourth-order valence-electron chi connectivity index (χ4n) is 2.22. The highest BCUT2D eigenvalue weighted by Gasteiger charge is 2.31. The van der Waals surface area contributed by atoms with E-state index in [2.05, 4.69) is 4.98 Å². The molecule has 1 aliphatic rings. The summed E-state index contributed by atoms with van der Waals surface area (Å²) in [4.78, 5) is 18.1. The fraction of sp³-hybridized carbons (Fsp3) is 0.375. The number of amides is 1. The molecule has 22 heavy (non-hydrogen) atoms. The van der Waals surface area contributed by atoms with Gasteiger partial charge in [0.15, 0.2) is 0 Å². The topological polar surface area (TPSA) is 42.4 Å². The molecule has 0 bridgehead atoms. The van der Waals surface area contributed by atoms with Crippen molar-refractivity contribution in [3.8, 4) is 5.75 Å². The molecule has 1 fully saturated rings. The lowest BCUT2D eigenvalue weighted by Gasteiger charge is -2.19. The molecule has 1 aromatic heterocycles. The molecular weight excluding hydrogens is 320 g/mol. The van der Waals surface area contributed by atoms with Gasteiger partial charge in [-0.25, -0.2) is 4.98 Å². The second-order valence-electron chi connectivity index (χ2n) is 5.35. The van der Waals surface area contributed by atoms with Crippen molar-refractivity contribution >= 4 is 28.8 Å². The Morgan fingerprint density at radius 3 is 2.77 bits per heavy atom. The highest BCUT2D eigenvalue weighted by Crippen LogP contribution is 2.28. The summed E-state index contributed by atoms with van der Waals surface area (Å²) < 4.78 is 5.68. The van der Waals surface area contributed by atoms with Crippen LogP contribution < -0.4 is 4.74 Å². The number of rotatable bonds is 6. The van der Waals surface area contributed by atoms with Gasteiger partial charge in [0, 0.05) is 23.4 Å². The zero-order chi connectivity index (χ0) is 15.5. The van der Waals surface area contributed by atoms with Crippen LogP contribution in [0.2, 0.25) is 5.02 Å². The second kappa shape index (κ2) is 6.67. The van der Waals surface area contributed by atoms with Gasteiger partial charge in [-0.15, -0.1) is 11.3 Å². The minimum Gasteiger partial charge on any atom is -0.486 e. The van der Waals surface area contributed by atoms with Crippen molar-refractivity contribution in [2.45, 2.75) is 39.0 Å². The number of benzene rings is 1. The largest absolute Gasteiger partial charge is 0.486 e. The van der Waals surface area contributed by atoms with Gasteiger partial charge in [-0.1, -0.05) is 11.6 Å². The van der Waals surface area contributed by atoms with Crippen molar-refractivity contribution in [1.29, 1.82) is 0 Å². The first-order valence-electron chi connectivity index (χ1n) is 7.20. The molecule has 3 rings (SSSR count).